The third-order valence-electron chi connectivity index (χ3n) is 8.26. The van der Waals surface area contributed by atoms with Gasteiger partial charge in [0.05, 0.1) is 36.9 Å². The fraction of sp³-hybridized carbons (Fsp3) is 0.548. The minimum Gasteiger partial charge on any atom is -0.370 e. The SMILES string of the molecule is CCCN(Cc1nc2ccc(C3CCCN3c3ccc(C4CCCCC4)c(F)c3)cc2[nH]1)C(=O)CNCOC. The Kier molecular flexibility index (Phi) is 9.14. The van der Waals surface area contributed by atoms with Gasteiger partial charge in [0.2, 0.25) is 5.91 Å². The van der Waals surface area contributed by atoms with E-state index in [4.69, 9.17) is 9.72 Å². The number of nitrogens with zero attached hydrogens (tertiary/aromatic N) is 3. The molecule has 2 aliphatic rings. The first-order valence-corrected chi connectivity index (χ1v) is 14.6. The lowest BCUT2D eigenvalue weighted by molar-refractivity contribution is -0.131. The molecule has 5 rings (SSSR count). The number of H-pyrrole nitrogens is 1. The molecule has 0 spiro atoms. The van der Waals surface area contributed by atoms with Crippen molar-refractivity contribution in [2.24, 2.45) is 0 Å². The Morgan fingerprint density at radius 1 is 1.15 bits per heavy atom. The van der Waals surface area contributed by atoms with E-state index in [1.165, 1.54) is 24.8 Å². The summed E-state index contributed by atoms with van der Waals surface area (Å²) in [6.45, 7) is 4.67. The quantitative estimate of drug-likeness (QED) is 0.232. The zero-order valence-corrected chi connectivity index (χ0v) is 23.3. The van der Waals surface area contributed by atoms with Crippen molar-refractivity contribution in [2.45, 2.75) is 76.8 Å². The standard InChI is InChI=1S/C31H42FN5O2/c1-3-15-36(31(38)19-33-21-39-2)20-30-34-27-14-11-23(17-28(27)35-30)29-10-7-16-37(29)24-12-13-25(26(32)18-24)22-8-5-4-6-9-22/h11-14,17-18,22,29,33H,3-10,15-16,19-21H2,1-2H3,(H,34,35). The molecule has 1 aliphatic heterocycles. The Morgan fingerprint density at radius 2 is 2.00 bits per heavy atom. The van der Waals surface area contributed by atoms with Crippen LogP contribution in [0.1, 0.15) is 87.2 Å². The number of ether oxygens (including phenoxy) is 1. The van der Waals surface area contributed by atoms with E-state index in [-0.39, 0.29) is 24.3 Å². The van der Waals surface area contributed by atoms with Crippen molar-refractivity contribution in [2.75, 3.05) is 38.4 Å². The van der Waals surface area contributed by atoms with Gasteiger partial charge in [-0.3, -0.25) is 10.1 Å². The molecule has 2 fully saturated rings. The number of hydrogen-bond acceptors (Lipinski definition) is 5. The Hall–Kier alpha value is -2.97. The average Bonchev–Trinajstić information content (AvgIpc) is 3.60. The lowest BCUT2D eigenvalue weighted by Gasteiger charge is -2.28. The number of rotatable bonds is 11. The van der Waals surface area contributed by atoms with Crippen molar-refractivity contribution in [3.05, 3.63) is 59.2 Å². The molecule has 1 unspecified atom stereocenters. The number of amides is 1. The van der Waals surface area contributed by atoms with Crippen molar-refractivity contribution in [1.82, 2.24) is 20.2 Å². The number of methoxy groups -OCH3 is 1. The van der Waals surface area contributed by atoms with Crippen molar-refractivity contribution >= 4 is 22.6 Å². The second-order valence-corrected chi connectivity index (χ2v) is 11.0. The van der Waals surface area contributed by atoms with Gasteiger partial charge in [0, 0.05) is 25.9 Å². The highest BCUT2D eigenvalue weighted by atomic mass is 19.1. The highest BCUT2D eigenvalue weighted by molar-refractivity contribution is 5.79. The predicted octanol–water partition coefficient (Wildman–Crippen LogP) is 6.02. The fourth-order valence-electron chi connectivity index (χ4n) is 6.34. The molecule has 2 N–H and O–H groups in total. The highest BCUT2D eigenvalue weighted by Crippen LogP contribution is 2.40. The smallest absolute Gasteiger partial charge is 0.237 e. The topological polar surface area (TPSA) is 73.5 Å². The summed E-state index contributed by atoms with van der Waals surface area (Å²) >= 11 is 0. The maximum absolute atomic E-state index is 15.3. The van der Waals surface area contributed by atoms with Gasteiger partial charge in [0.1, 0.15) is 11.6 Å². The molecule has 1 aliphatic carbocycles. The lowest BCUT2D eigenvalue weighted by atomic mass is 9.84. The minimum absolute atomic E-state index is 0.0263. The van der Waals surface area contributed by atoms with Crippen LogP contribution in [0, 0.1) is 5.82 Å². The first kappa shape index (κ1) is 27.6. The second-order valence-electron chi connectivity index (χ2n) is 11.0. The first-order chi connectivity index (χ1) is 19.1. The number of aromatic nitrogens is 2. The molecule has 0 radical (unpaired) electrons. The van der Waals surface area contributed by atoms with E-state index in [1.54, 1.807) is 13.2 Å². The molecule has 1 atom stereocenters. The summed E-state index contributed by atoms with van der Waals surface area (Å²) in [5.41, 5.74) is 4.93. The van der Waals surface area contributed by atoms with E-state index >= 15 is 4.39 Å². The van der Waals surface area contributed by atoms with E-state index in [0.29, 0.717) is 25.7 Å². The van der Waals surface area contributed by atoms with Gasteiger partial charge < -0.3 is 19.5 Å². The lowest BCUT2D eigenvalue weighted by Crippen LogP contribution is -2.39. The number of imidazole rings is 1. The summed E-state index contributed by atoms with van der Waals surface area (Å²) in [5, 5.41) is 2.99. The van der Waals surface area contributed by atoms with Crippen LogP contribution in [0.15, 0.2) is 36.4 Å². The number of anilines is 1. The third-order valence-corrected chi connectivity index (χ3v) is 8.26. The number of benzene rings is 2. The molecule has 7 nitrogen and oxygen atoms in total. The summed E-state index contributed by atoms with van der Waals surface area (Å²) in [4.78, 5) is 25.1. The van der Waals surface area contributed by atoms with Crippen LogP contribution in [-0.4, -0.2) is 54.2 Å². The number of fused-ring (bicyclic) bond motifs is 1. The molecule has 39 heavy (non-hydrogen) atoms. The molecule has 1 amide bonds. The van der Waals surface area contributed by atoms with Crippen LogP contribution >= 0.6 is 0 Å². The van der Waals surface area contributed by atoms with Crippen LogP contribution in [0.4, 0.5) is 10.1 Å². The van der Waals surface area contributed by atoms with Crippen molar-refractivity contribution in [3.8, 4) is 0 Å². The minimum atomic E-state index is -0.0534. The fourth-order valence-corrected chi connectivity index (χ4v) is 6.34. The Balaban J connectivity index is 1.31. The Bertz CT molecular complexity index is 1260. The molecule has 3 aromatic rings. The van der Waals surface area contributed by atoms with Crippen molar-refractivity contribution in [1.29, 1.82) is 0 Å². The maximum atomic E-state index is 15.3. The number of aromatic amines is 1. The number of carbonyl (C=O) groups is 1. The largest absolute Gasteiger partial charge is 0.370 e. The molecular formula is C31H42FN5O2. The van der Waals surface area contributed by atoms with Crippen LogP contribution < -0.4 is 10.2 Å². The van der Waals surface area contributed by atoms with E-state index in [2.05, 4.69) is 46.4 Å². The molecule has 8 heteroatoms. The molecule has 0 bridgehead atoms. The number of halogens is 1. The normalized spacial score (nSPS) is 18.2. The predicted molar refractivity (Wildman–Crippen MR) is 153 cm³/mol. The molecule has 1 aromatic heterocycles. The van der Waals surface area contributed by atoms with Gasteiger partial charge in [-0.1, -0.05) is 38.3 Å². The van der Waals surface area contributed by atoms with Crippen molar-refractivity contribution in [3.63, 3.8) is 0 Å². The number of nitrogens with one attached hydrogen (secondary N) is 2. The van der Waals surface area contributed by atoms with E-state index in [9.17, 15) is 4.79 Å². The van der Waals surface area contributed by atoms with Gasteiger partial charge in [-0.15, -0.1) is 0 Å². The summed E-state index contributed by atoms with van der Waals surface area (Å²) in [5.74, 6) is 1.12. The van der Waals surface area contributed by atoms with Crippen LogP contribution in [-0.2, 0) is 16.1 Å². The summed E-state index contributed by atoms with van der Waals surface area (Å²) in [6, 6.07) is 12.5. The maximum Gasteiger partial charge on any atom is 0.237 e. The molecule has 2 aromatic carbocycles. The van der Waals surface area contributed by atoms with Crippen LogP contribution in [0.3, 0.4) is 0 Å². The molecule has 1 saturated carbocycles. The van der Waals surface area contributed by atoms with E-state index < -0.39 is 0 Å². The molecule has 2 heterocycles. The first-order valence-electron chi connectivity index (χ1n) is 14.6. The summed E-state index contributed by atoms with van der Waals surface area (Å²) < 4.78 is 20.2. The van der Waals surface area contributed by atoms with Crippen LogP contribution in [0.2, 0.25) is 0 Å². The molecule has 210 valence electrons. The second kappa shape index (κ2) is 12.9. The van der Waals surface area contributed by atoms with Gasteiger partial charge in [-0.25, -0.2) is 9.37 Å². The Labute approximate surface area is 231 Å². The van der Waals surface area contributed by atoms with Crippen LogP contribution in [0.25, 0.3) is 11.0 Å². The average molecular weight is 536 g/mol. The zero-order valence-electron chi connectivity index (χ0n) is 23.3. The van der Waals surface area contributed by atoms with E-state index in [1.807, 2.05) is 11.0 Å². The number of hydrogen-bond donors (Lipinski definition) is 2. The zero-order chi connectivity index (χ0) is 27.2. The van der Waals surface area contributed by atoms with Gasteiger partial charge in [-0.05, 0) is 73.4 Å². The van der Waals surface area contributed by atoms with Crippen LogP contribution in [0.5, 0.6) is 0 Å². The highest BCUT2D eigenvalue weighted by Gasteiger charge is 2.28. The summed E-state index contributed by atoms with van der Waals surface area (Å²) in [6.07, 6.45) is 8.87. The summed E-state index contributed by atoms with van der Waals surface area (Å²) in [7, 11) is 1.60. The third kappa shape index (κ3) is 6.44. The van der Waals surface area contributed by atoms with Gasteiger partial charge >= 0.3 is 0 Å². The Morgan fingerprint density at radius 3 is 2.77 bits per heavy atom. The van der Waals surface area contributed by atoms with Gasteiger partial charge in [0.15, 0.2) is 0 Å². The van der Waals surface area contributed by atoms with E-state index in [0.717, 1.165) is 66.8 Å². The van der Waals surface area contributed by atoms with Gasteiger partial charge in [-0.2, -0.15) is 0 Å². The van der Waals surface area contributed by atoms with Gasteiger partial charge in [0.25, 0.3) is 0 Å². The molecular weight excluding hydrogens is 493 g/mol. The molecule has 1 saturated heterocycles. The monoisotopic (exact) mass is 535 g/mol. The number of carbonyl (C=O) groups excluding carboxylic acids is 1. The van der Waals surface area contributed by atoms with Crippen molar-refractivity contribution < 1.29 is 13.9 Å².